The predicted molar refractivity (Wildman–Crippen MR) is 150 cm³/mol. The van der Waals surface area contributed by atoms with Crippen LogP contribution in [0, 0.1) is 6.92 Å². The molecule has 1 N–H and O–H groups in total. The maximum atomic E-state index is 13.6. The van der Waals surface area contributed by atoms with E-state index in [1.165, 1.54) is 0 Å². The summed E-state index contributed by atoms with van der Waals surface area (Å²) in [5.41, 5.74) is 5.39. The smallest absolute Gasteiger partial charge is 0.490 e. The lowest BCUT2D eigenvalue weighted by molar-refractivity contribution is -0.0172. The van der Waals surface area contributed by atoms with Gasteiger partial charge in [0.1, 0.15) is 30.3 Å². The van der Waals surface area contributed by atoms with Crippen molar-refractivity contribution < 1.29 is 24.1 Å². The van der Waals surface area contributed by atoms with Crippen LogP contribution in [0.2, 0.25) is 0 Å². The largest absolute Gasteiger partial charge is 0.514 e. The van der Waals surface area contributed by atoms with Crippen molar-refractivity contribution in [3.63, 3.8) is 0 Å². The molecule has 40 heavy (non-hydrogen) atoms. The molecule has 2 aromatic heterocycles. The molecule has 6 rings (SSSR count). The fourth-order valence-electron chi connectivity index (χ4n) is 5.68. The van der Waals surface area contributed by atoms with E-state index in [2.05, 4.69) is 6.58 Å². The maximum absolute atomic E-state index is 13.6. The van der Waals surface area contributed by atoms with Crippen molar-refractivity contribution in [3.8, 4) is 17.1 Å². The average molecular weight is 539 g/mol. The quantitative estimate of drug-likeness (QED) is 0.228. The van der Waals surface area contributed by atoms with Gasteiger partial charge in [-0.15, -0.1) is 0 Å². The molecule has 1 atom stereocenters. The van der Waals surface area contributed by atoms with Crippen LogP contribution in [-0.4, -0.2) is 20.8 Å². The molecule has 2 aromatic carbocycles. The highest BCUT2D eigenvalue weighted by Gasteiger charge is 2.41. The molecule has 204 valence electrons. The molecule has 0 spiro atoms. The van der Waals surface area contributed by atoms with E-state index in [0.29, 0.717) is 53.2 Å². The second-order valence-electron chi connectivity index (χ2n) is 10.3. The summed E-state index contributed by atoms with van der Waals surface area (Å²) in [5.74, 6) is 0.598. The Balaban J connectivity index is 1.35. The number of benzene rings is 2. The highest BCUT2D eigenvalue weighted by Crippen LogP contribution is 2.43. The van der Waals surface area contributed by atoms with Gasteiger partial charge in [0.15, 0.2) is 0 Å². The van der Waals surface area contributed by atoms with E-state index in [1.807, 2.05) is 51.1 Å². The van der Waals surface area contributed by atoms with Crippen molar-refractivity contribution in [1.82, 2.24) is 9.55 Å². The van der Waals surface area contributed by atoms with Crippen molar-refractivity contribution >= 4 is 17.1 Å². The minimum absolute atomic E-state index is 0.0721. The standard InChI is InChI=1S/C32H30N2O6/c1-5-22-23-13-21(40-31(36)39-16-20-9-7-18(3)8-10-20)11-12-27(23)33-29-24(22)15-34-28(29)14-26-25(30(34)35)17-38-19(4)32(26,37)6-2/h7-14,37H,4-6,15-17H2,1-3H3/t32-/m1/s1. The Morgan fingerprint density at radius 3 is 2.65 bits per heavy atom. The second kappa shape index (κ2) is 9.64. The Morgan fingerprint density at radius 1 is 1.15 bits per heavy atom. The zero-order chi connectivity index (χ0) is 28.2. The number of hydrogen-bond acceptors (Lipinski definition) is 7. The second-order valence-corrected chi connectivity index (χ2v) is 10.3. The monoisotopic (exact) mass is 538 g/mol. The molecule has 8 nitrogen and oxygen atoms in total. The van der Waals surface area contributed by atoms with Gasteiger partial charge in [0.2, 0.25) is 0 Å². The third kappa shape index (κ3) is 4.07. The third-order valence-electron chi connectivity index (χ3n) is 7.98. The van der Waals surface area contributed by atoms with Crippen LogP contribution in [0.15, 0.2) is 65.7 Å². The molecule has 0 bridgehead atoms. The van der Waals surface area contributed by atoms with Crippen LogP contribution in [0.4, 0.5) is 4.79 Å². The predicted octanol–water partition coefficient (Wildman–Crippen LogP) is 5.65. The highest BCUT2D eigenvalue weighted by molar-refractivity contribution is 5.89. The van der Waals surface area contributed by atoms with Gasteiger partial charge in [-0.25, -0.2) is 9.78 Å². The van der Waals surface area contributed by atoms with E-state index in [0.717, 1.165) is 27.6 Å². The molecule has 0 saturated carbocycles. The van der Waals surface area contributed by atoms with Crippen molar-refractivity contribution in [3.05, 3.63) is 105 Å². The minimum atomic E-state index is -1.43. The molecular weight excluding hydrogens is 508 g/mol. The summed E-state index contributed by atoms with van der Waals surface area (Å²) in [7, 11) is 0. The Kier molecular flexibility index (Phi) is 6.22. The van der Waals surface area contributed by atoms with Crippen molar-refractivity contribution in [2.24, 2.45) is 0 Å². The zero-order valence-electron chi connectivity index (χ0n) is 22.7. The number of carbonyl (C=O) groups excluding carboxylic acids is 1. The molecule has 2 aliphatic heterocycles. The van der Waals surface area contributed by atoms with E-state index < -0.39 is 11.8 Å². The first-order valence-electron chi connectivity index (χ1n) is 13.4. The van der Waals surface area contributed by atoms with Crippen LogP contribution < -0.4 is 10.3 Å². The summed E-state index contributed by atoms with van der Waals surface area (Å²) in [6.45, 7) is 10.3. The molecule has 0 fully saturated rings. The van der Waals surface area contributed by atoms with Crippen LogP contribution in [-0.2, 0) is 41.3 Å². The van der Waals surface area contributed by atoms with Crippen LogP contribution >= 0.6 is 0 Å². The Hall–Kier alpha value is -4.43. The minimum Gasteiger partial charge on any atom is -0.490 e. The molecule has 4 heterocycles. The number of aryl methyl sites for hydroxylation is 2. The lowest BCUT2D eigenvalue weighted by Gasteiger charge is -2.35. The molecule has 0 saturated heterocycles. The van der Waals surface area contributed by atoms with Gasteiger partial charge in [0, 0.05) is 16.5 Å². The number of hydrogen-bond donors (Lipinski definition) is 1. The number of aliphatic hydroxyl groups is 1. The Labute approximate surface area is 231 Å². The van der Waals surface area contributed by atoms with Crippen molar-refractivity contribution in [1.29, 1.82) is 0 Å². The summed E-state index contributed by atoms with van der Waals surface area (Å²) < 4.78 is 18.1. The summed E-state index contributed by atoms with van der Waals surface area (Å²) in [6.07, 6.45) is 0.226. The van der Waals surface area contributed by atoms with Gasteiger partial charge < -0.3 is 23.9 Å². The summed E-state index contributed by atoms with van der Waals surface area (Å²) >= 11 is 0. The van der Waals surface area contributed by atoms with Gasteiger partial charge in [0.25, 0.3) is 5.56 Å². The molecule has 0 aliphatic carbocycles. The van der Waals surface area contributed by atoms with E-state index in [-0.39, 0.29) is 24.5 Å². The maximum Gasteiger partial charge on any atom is 0.514 e. The lowest BCUT2D eigenvalue weighted by Crippen LogP contribution is -2.38. The SMILES string of the molecule is C=C1OCc2c(cc3n(c2=O)Cc2c-3nc3ccc(OC(=O)OCc4ccc(C)cc4)cc3c2CC)[C@@]1(O)CC. The van der Waals surface area contributed by atoms with Gasteiger partial charge in [0.05, 0.1) is 29.0 Å². The number of carbonyl (C=O) groups is 1. The Bertz CT molecular complexity index is 1750. The van der Waals surface area contributed by atoms with E-state index >= 15 is 0 Å². The number of ether oxygens (including phenoxy) is 3. The van der Waals surface area contributed by atoms with Gasteiger partial charge >= 0.3 is 6.16 Å². The van der Waals surface area contributed by atoms with Crippen LogP contribution in [0.3, 0.4) is 0 Å². The fourth-order valence-corrected chi connectivity index (χ4v) is 5.68. The number of pyridine rings is 2. The van der Waals surface area contributed by atoms with Gasteiger partial charge in [-0.1, -0.05) is 50.3 Å². The summed E-state index contributed by atoms with van der Waals surface area (Å²) in [4.78, 5) is 30.9. The summed E-state index contributed by atoms with van der Waals surface area (Å²) in [6, 6.07) is 14.9. The topological polar surface area (TPSA) is 99.9 Å². The highest BCUT2D eigenvalue weighted by atomic mass is 16.7. The molecule has 0 radical (unpaired) electrons. The molecule has 8 heteroatoms. The van der Waals surface area contributed by atoms with Crippen LogP contribution in [0.25, 0.3) is 22.3 Å². The molecule has 0 unspecified atom stereocenters. The van der Waals surface area contributed by atoms with Crippen molar-refractivity contribution in [2.45, 2.75) is 59.0 Å². The zero-order valence-corrected chi connectivity index (χ0v) is 22.7. The first-order valence-corrected chi connectivity index (χ1v) is 13.4. The number of nitrogens with zero attached hydrogens (tertiary/aromatic N) is 2. The van der Waals surface area contributed by atoms with E-state index in [4.69, 9.17) is 19.2 Å². The van der Waals surface area contributed by atoms with Gasteiger partial charge in [-0.3, -0.25) is 4.79 Å². The normalized spacial score (nSPS) is 17.1. The van der Waals surface area contributed by atoms with Gasteiger partial charge in [-0.2, -0.15) is 0 Å². The number of fused-ring (bicyclic) bond motifs is 5. The van der Waals surface area contributed by atoms with Crippen LogP contribution in [0.1, 0.15) is 53.6 Å². The number of aromatic nitrogens is 2. The van der Waals surface area contributed by atoms with Crippen LogP contribution in [0.5, 0.6) is 5.75 Å². The first kappa shape index (κ1) is 25.8. The molecule has 2 aliphatic rings. The van der Waals surface area contributed by atoms with E-state index in [1.54, 1.807) is 22.8 Å². The third-order valence-corrected chi connectivity index (χ3v) is 7.98. The lowest BCUT2D eigenvalue weighted by atomic mass is 9.84. The Morgan fingerprint density at radius 2 is 1.93 bits per heavy atom. The van der Waals surface area contributed by atoms with Gasteiger partial charge in [-0.05, 0) is 55.2 Å². The number of rotatable bonds is 5. The molecule has 4 aromatic rings. The fraction of sp³-hybridized carbons (Fsp3) is 0.281. The molecular formula is C32H30N2O6. The first-order chi connectivity index (χ1) is 19.2. The molecule has 0 amide bonds. The summed E-state index contributed by atoms with van der Waals surface area (Å²) in [5, 5.41) is 12.2. The van der Waals surface area contributed by atoms with E-state index in [9.17, 15) is 14.7 Å². The average Bonchev–Trinajstić information content (AvgIpc) is 3.32. The van der Waals surface area contributed by atoms with Crippen molar-refractivity contribution in [2.75, 3.05) is 0 Å².